The fraction of sp³-hybridized carbons (Fsp3) is 0.407. The average Bonchev–Trinajstić information content (AvgIpc) is 2.78. The van der Waals surface area contributed by atoms with Gasteiger partial charge in [-0.1, -0.05) is 48.5 Å². The highest BCUT2D eigenvalue weighted by Gasteiger charge is 2.42. The first kappa shape index (κ1) is 23.1. The van der Waals surface area contributed by atoms with E-state index in [1.54, 1.807) is 17.0 Å². The van der Waals surface area contributed by atoms with Crippen LogP contribution < -0.4 is 4.74 Å². The van der Waals surface area contributed by atoms with E-state index in [-0.39, 0.29) is 17.5 Å². The predicted molar refractivity (Wildman–Crippen MR) is 127 cm³/mol. The molecule has 1 saturated heterocycles. The van der Waals surface area contributed by atoms with Crippen LogP contribution in [-0.2, 0) is 4.74 Å². The normalized spacial score (nSPS) is 18.5. The molecule has 0 bridgehead atoms. The van der Waals surface area contributed by atoms with Gasteiger partial charge in [0.15, 0.2) is 5.78 Å². The Bertz CT molecular complexity index is 1060. The number of aliphatic hydroxyl groups is 1. The molecule has 2 heterocycles. The smallest absolute Gasteiger partial charge is 0.410 e. The molecule has 33 heavy (non-hydrogen) atoms. The Hall–Kier alpha value is -3.12. The zero-order chi connectivity index (χ0) is 23.6. The summed E-state index contributed by atoms with van der Waals surface area (Å²) in [6, 6.07) is 15.3. The van der Waals surface area contributed by atoms with E-state index in [0.717, 1.165) is 36.1 Å². The third kappa shape index (κ3) is 5.28. The number of rotatable bonds is 3. The van der Waals surface area contributed by atoms with Gasteiger partial charge in [0, 0.05) is 43.5 Å². The number of piperidine rings is 1. The Balaban J connectivity index is 1.56. The number of carbonyl (C=O) groups is 2. The summed E-state index contributed by atoms with van der Waals surface area (Å²) in [5.41, 5.74) is 2.83. The number of fused-ring (bicyclic) bond motifs is 1. The van der Waals surface area contributed by atoms with Gasteiger partial charge < -0.3 is 19.5 Å². The second kappa shape index (κ2) is 9.02. The maximum atomic E-state index is 12.5. The predicted octanol–water partition coefficient (Wildman–Crippen LogP) is 4.95. The van der Waals surface area contributed by atoms with Crippen molar-refractivity contribution in [1.82, 2.24) is 4.90 Å². The Labute approximate surface area is 194 Å². The van der Waals surface area contributed by atoms with Crippen molar-refractivity contribution in [2.24, 2.45) is 0 Å². The van der Waals surface area contributed by atoms with Gasteiger partial charge in [-0.15, -0.1) is 0 Å². The molecule has 0 unspecified atom stereocenters. The molecule has 2 aromatic carbocycles. The summed E-state index contributed by atoms with van der Waals surface area (Å²) < 4.78 is 12.1. The van der Waals surface area contributed by atoms with Crippen LogP contribution in [0.25, 0.3) is 11.6 Å². The summed E-state index contributed by atoms with van der Waals surface area (Å²) in [6.07, 6.45) is 4.05. The number of amides is 1. The molecule has 0 radical (unpaired) electrons. The molecule has 174 valence electrons. The number of carbonyl (C=O) groups excluding carboxylic acids is 2. The molecule has 2 aliphatic heterocycles. The van der Waals surface area contributed by atoms with Crippen LogP contribution in [0, 0.1) is 0 Å². The minimum Gasteiger partial charge on any atom is -0.486 e. The fourth-order valence-corrected chi connectivity index (χ4v) is 4.42. The van der Waals surface area contributed by atoms with Gasteiger partial charge in [-0.25, -0.2) is 4.79 Å². The van der Waals surface area contributed by atoms with E-state index < -0.39 is 12.2 Å². The van der Waals surface area contributed by atoms with Crippen LogP contribution in [0.15, 0.2) is 48.5 Å². The quantitative estimate of drug-likeness (QED) is 0.671. The van der Waals surface area contributed by atoms with Crippen molar-refractivity contribution in [3.63, 3.8) is 0 Å². The largest absolute Gasteiger partial charge is 0.486 e. The van der Waals surface area contributed by atoms with Crippen molar-refractivity contribution >= 4 is 23.5 Å². The highest BCUT2D eigenvalue weighted by atomic mass is 16.6. The first-order valence-corrected chi connectivity index (χ1v) is 11.4. The van der Waals surface area contributed by atoms with Crippen molar-refractivity contribution in [3.05, 3.63) is 65.2 Å². The Morgan fingerprint density at radius 1 is 1.09 bits per heavy atom. The average molecular weight is 450 g/mol. The number of aliphatic hydroxyl groups excluding tert-OH is 1. The number of hydrogen-bond donors (Lipinski definition) is 1. The molecule has 6 heteroatoms. The van der Waals surface area contributed by atoms with Gasteiger partial charge in [0.05, 0.1) is 0 Å². The summed E-state index contributed by atoms with van der Waals surface area (Å²) in [6.45, 7) is 6.31. The van der Waals surface area contributed by atoms with Crippen molar-refractivity contribution < 1.29 is 24.2 Å². The van der Waals surface area contributed by atoms with E-state index in [2.05, 4.69) is 12.1 Å². The maximum absolute atomic E-state index is 12.5. The summed E-state index contributed by atoms with van der Waals surface area (Å²) in [4.78, 5) is 26.0. The van der Waals surface area contributed by atoms with Gasteiger partial charge in [-0.3, -0.25) is 4.79 Å². The number of Topliss-reactive ketones (excluding diaryl/α,β-unsaturated/α-hetero) is 1. The van der Waals surface area contributed by atoms with E-state index in [1.165, 1.54) is 5.57 Å². The first-order chi connectivity index (χ1) is 15.7. The molecule has 0 saturated carbocycles. The summed E-state index contributed by atoms with van der Waals surface area (Å²) in [5.74, 6) is 0.564. The lowest BCUT2D eigenvalue weighted by molar-refractivity contribution is -0.0179. The number of likely N-dealkylation sites (tertiary alicyclic amines) is 1. The molecule has 0 aliphatic carbocycles. The highest BCUT2D eigenvalue weighted by molar-refractivity contribution is 5.97. The van der Waals surface area contributed by atoms with Gasteiger partial charge in [-0.2, -0.15) is 0 Å². The standard InChI is InChI=1S/C27H31NO5/c1-26(2,3)33-25(31)28-14-12-27(13-15-28)17-21(22-6-4-5-7-24(22)32-27)16-19-8-10-20(11-9-19)23(30)18-29/h4-11,16,29H,12-15,17-18H2,1-3H3/b21-16+. The SMILES string of the molecule is CC(C)(C)OC(=O)N1CCC2(CC1)C/C(=C\c1ccc(C(=O)CO)cc1)c1ccccc1O2. The number of ketones is 1. The topological polar surface area (TPSA) is 76.1 Å². The Kier molecular flexibility index (Phi) is 6.30. The second-order valence-electron chi connectivity index (χ2n) is 9.80. The molecule has 0 aromatic heterocycles. The molecular weight excluding hydrogens is 418 g/mol. The van der Waals surface area contributed by atoms with Crippen molar-refractivity contribution in [1.29, 1.82) is 0 Å². The van der Waals surface area contributed by atoms with Gasteiger partial charge in [0.2, 0.25) is 0 Å². The zero-order valence-electron chi connectivity index (χ0n) is 19.5. The number of benzene rings is 2. The van der Waals surface area contributed by atoms with Crippen LogP contribution in [-0.4, -0.2) is 52.8 Å². The molecule has 1 spiro atoms. The maximum Gasteiger partial charge on any atom is 0.410 e. The fourth-order valence-electron chi connectivity index (χ4n) is 4.42. The molecule has 6 nitrogen and oxygen atoms in total. The lowest BCUT2D eigenvalue weighted by atomic mass is 9.80. The lowest BCUT2D eigenvalue weighted by Gasteiger charge is -2.45. The first-order valence-electron chi connectivity index (χ1n) is 11.4. The van der Waals surface area contributed by atoms with Crippen molar-refractivity contribution in [3.8, 4) is 5.75 Å². The number of nitrogens with zero attached hydrogens (tertiary/aromatic N) is 1. The minimum absolute atomic E-state index is 0.276. The molecule has 0 atom stereocenters. The van der Waals surface area contributed by atoms with E-state index in [9.17, 15) is 9.59 Å². The molecular formula is C27H31NO5. The second-order valence-corrected chi connectivity index (χ2v) is 9.80. The van der Waals surface area contributed by atoms with Gasteiger partial charge in [-0.05, 0) is 38.0 Å². The Morgan fingerprint density at radius 2 is 1.76 bits per heavy atom. The summed E-state index contributed by atoms with van der Waals surface area (Å²) >= 11 is 0. The van der Waals surface area contributed by atoms with Crippen molar-refractivity contribution in [2.75, 3.05) is 19.7 Å². The molecule has 1 fully saturated rings. The number of para-hydroxylation sites is 1. The lowest BCUT2D eigenvalue weighted by Crippen LogP contribution is -2.51. The summed E-state index contributed by atoms with van der Waals surface area (Å²) in [7, 11) is 0. The number of ether oxygens (including phenoxy) is 2. The van der Waals surface area contributed by atoms with E-state index in [4.69, 9.17) is 14.6 Å². The van der Waals surface area contributed by atoms with Crippen LogP contribution in [0.4, 0.5) is 4.79 Å². The third-order valence-corrected chi connectivity index (χ3v) is 6.12. The Morgan fingerprint density at radius 3 is 2.39 bits per heavy atom. The van der Waals surface area contributed by atoms with Crippen LogP contribution in [0.2, 0.25) is 0 Å². The van der Waals surface area contributed by atoms with E-state index >= 15 is 0 Å². The van der Waals surface area contributed by atoms with E-state index in [0.29, 0.717) is 18.7 Å². The number of hydrogen-bond acceptors (Lipinski definition) is 5. The van der Waals surface area contributed by atoms with Gasteiger partial charge in [0.25, 0.3) is 0 Å². The molecule has 2 aliphatic rings. The zero-order valence-corrected chi connectivity index (χ0v) is 19.5. The van der Waals surface area contributed by atoms with Gasteiger partial charge >= 0.3 is 6.09 Å². The summed E-state index contributed by atoms with van der Waals surface area (Å²) in [5, 5.41) is 9.07. The monoisotopic (exact) mass is 449 g/mol. The third-order valence-electron chi connectivity index (χ3n) is 6.12. The molecule has 1 amide bonds. The van der Waals surface area contributed by atoms with Gasteiger partial charge in [0.1, 0.15) is 23.6 Å². The molecule has 2 aromatic rings. The molecule has 1 N–H and O–H groups in total. The van der Waals surface area contributed by atoms with Crippen molar-refractivity contribution in [2.45, 2.75) is 51.2 Å². The molecule has 4 rings (SSSR count). The van der Waals surface area contributed by atoms with Crippen LogP contribution in [0.1, 0.15) is 61.5 Å². The minimum atomic E-state index is -0.514. The van der Waals surface area contributed by atoms with Crippen LogP contribution >= 0.6 is 0 Å². The van der Waals surface area contributed by atoms with E-state index in [1.807, 2.05) is 51.1 Å². The van der Waals surface area contributed by atoms with Crippen LogP contribution in [0.3, 0.4) is 0 Å². The highest BCUT2D eigenvalue weighted by Crippen LogP contribution is 2.45. The van der Waals surface area contributed by atoms with Crippen LogP contribution in [0.5, 0.6) is 5.75 Å².